The fraction of sp³-hybridized carbons (Fsp3) is 0.579. The van der Waals surface area contributed by atoms with Gasteiger partial charge in [-0.05, 0) is 31.0 Å². The minimum Gasteiger partial charge on any atom is -0.350 e. The summed E-state index contributed by atoms with van der Waals surface area (Å²) in [6.45, 7) is 5.61. The second-order valence-corrected chi connectivity index (χ2v) is 9.02. The van der Waals surface area contributed by atoms with Gasteiger partial charge in [-0.15, -0.1) is 0 Å². The largest absolute Gasteiger partial charge is 0.350 e. The van der Waals surface area contributed by atoms with E-state index in [9.17, 15) is 18.0 Å². The molecule has 0 atom stereocenters. The molecule has 1 aromatic carbocycles. The highest BCUT2D eigenvalue weighted by atomic mass is 35.5. The van der Waals surface area contributed by atoms with Crippen molar-refractivity contribution in [1.29, 1.82) is 0 Å². The molecule has 0 bridgehead atoms. The molecule has 1 aliphatic rings. The first-order valence-corrected chi connectivity index (χ1v) is 11.5. The number of amides is 2. The van der Waals surface area contributed by atoms with Gasteiger partial charge in [0.2, 0.25) is 15.9 Å². The van der Waals surface area contributed by atoms with Crippen molar-refractivity contribution in [2.75, 3.05) is 32.7 Å². The molecule has 1 fully saturated rings. The highest BCUT2D eigenvalue weighted by molar-refractivity contribution is 7.89. The van der Waals surface area contributed by atoms with Crippen LogP contribution in [0, 0.1) is 0 Å². The molecule has 0 spiro atoms. The van der Waals surface area contributed by atoms with Gasteiger partial charge in [-0.1, -0.05) is 31.9 Å². The highest BCUT2D eigenvalue weighted by Crippen LogP contribution is 2.23. The number of likely N-dealkylation sites (tertiary alicyclic amines) is 1. The van der Waals surface area contributed by atoms with Crippen molar-refractivity contribution in [2.24, 2.45) is 0 Å². The molecule has 1 aliphatic heterocycles. The zero-order chi connectivity index (χ0) is 20.7. The van der Waals surface area contributed by atoms with Crippen LogP contribution in [-0.2, 0) is 14.8 Å². The van der Waals surface area contributed by atoms with Crippen LogP contribution in [0.2, 0.25) is 5.02 Å². The van der Waals surface area contributed by atoms with Crippen molar-refractivity contribution in [3.8, 4) is 0 Å². The molecule has 1 heterocycles. The molecule has 28 heavy (non-hydrogen) atoms. The van der Waals surface area contributed by atoms with Crippen molar-refractivity contribution < 1.29 is 18.0 Å². The molecule has 1 aromatic rings. The molecule has 2 amide bonds. The lowest BCUT2D eigenvalue weighted by Crippen LogP contribution is -2.38. The minimum absolute atomic E-state index is 0.0356. The Bertz CT molecular complexity index is 809. The van der Waals surface area contributed by atoms with Crippen LogP contribution in [-0.4, -0.2) is 62.2 Å². The van der Waals surface area contributed by atoms with Crippen LogP contribution < -0.4 is 5.32 Å². The number of benzene rings is 1. The Hall–Kier alpha value is -1.64. The molecule has 0 unspecified atom stereocenters. The SMILES string of the molecule is CCN(CC)S(=O)(=O)c1ccc(Cl)c(C(=O)NCCN2CCCCCC2=O)c1. The summed E-state index contributed by atoms with van der Waals surface area (Å²) in [5.74, 6) is -0.346. The smallest absolute Gasteiger partial charge is 0.252 e. The normalized spacial score (nSPS) is 15.6. The lowest BCUT2D eigenvalue weighted by atomic mass is 10.2. The van der Waals surface area contributed by atoms with Crippen molar-refractivity contribution in [3.05, 3.63) is 28.8 Å². The second kappa shape index (κ2) is 10.2. The third-order valence-electron chi connectivity index (χ3n) is 4.86. The summed E-state index contributed by atoms with van der Waals surface area (Å²) in [6.07, 6.45) is 3.46. The molecule has 7 nitrogen and oxygen atoms in total. The van der Waals surface area contributed by atoms with Gasteiger partial charge in [-0.3, -0.25) is 9.59 Å². The van der Waals surface area contributed by atoms with Crippen LogP contribution in [0.1, 0.15) is 49.9 Å². The average molecular weight is 430 g/mol. The molecule has 0 aromatic heterocycles. The summed E-state index contributed by atoms with van der Waals surface area (Å²) in [5, 5.41) is 2.92. The minimum atomic E-state index is -3.68. The molecular formula is C19H28ClN3O4S. The zero-order valence-electron chi connectivity index (χ0n) is 16.4. The van der Waals surface area contributed by atoms with Gasteiger partial charge in [0.1, 0.15) is 0 Å². The Labute approximate surface area is 172 Å². The number of nitrogens with zero attached hydrogens (tertiary/aromatic N) is 2. The van der Waals surface area contributed by atoms with Gasteiger partial charge in [0, 0.05) is 39.1 Å². The number of hydrogen-bond donors (Lipinski definition) is 1. The predicted molar refractivity (Wildman–Crippen MR) is 109 cm³/mol. The zero-order valence-corrected chi connectivity index (χ0v) is 18.0. The summed E-state index contributed by atoms with van der Waals surface area (Å²) in [6, 6.07) is 4.14. The molecule has 9 heteroatoms. The maximum absolute atomic E-state index is 12.7. The van der Waals surface area contributed by atoms with Crippen LogP contribution in [0.25, 0.3) is 0 Å². The fourth-order valence-corrected chi connectivity index (χ4v) is 4.91. The van der Waals surface area contributed by atoms with Crippen LogP contribution in [0.3, 0.4) is 0 Å². The van der Waals surface area contributed by atoms with E-state index in [1.807, 2.05) is 0 Å². The van der Waals surface area contributed by atoms with Crippen molar-refractivity contribution >= 4 is 33.4 Å². The van der Waals surface area contributed by atoms with Gasteiger partial charge in [0.05, 0.1) is 15.5 Å². The Morgan fingerprint density at radius 2 is 1.93 bits per heavy atom. The number of carbonyl (C=O) groups excluding carboxylic acids is 2. The topological polar surface area (TPSA) is 86.8 Å². The predicted octanol–water partition coefficient (Wildman–Crippen LogP) is 2.50. The van der Waals surface area contributed by atoms with Crippen molar-refractivity contribution in [1.82, 2.24) is 14.5 Å². The van der Waals surface area contributed by atoms with Crippen LogP contribution in [0.5, 0.6) is 0 Å². The van der Waals surface area contributed by atoms with Crippen LogP contribution in [0.4, 0.5) is 0 Å². The Kier molecular flexibility index (Phi) is 8.27. The number of carbonyl (C=O) groups is 2. The van der Waals surface area contributed by atoms with Gasteiger partial charge in [0.25, 0.3) is 5.91 Å². The molecule has 1 N–H and O–H groups in total. The van der Waals surface area contributed by atoms with Gasteiger partial charge >= 0.3 is 0 Å². The number of halogens is 1. The number of sulfonamides is 1. The van der Waals surface area contributed by atoms with Gasteiger partial charge in [-0.2, -0.15) is 4.31 Å². The summed E-state index contributed by atoms with van der Waals surface area (Å²) < 4.78 is 26.7. The third kappa shape index (κ3) is 5.46. The van der Waals surface area contributed by atoms with Gasteiger partial charge < -0.3 is 10.2 Å². The third-order valence-corrected chi connectivity index (χ3v) is 7.24. The quantitative estimate of drug-likeness (QED) is 0.687. The summed E-state index contributed by atoms with van der Waals surface area (Å²) in [4.78, 5) is 26.3. The average Bonchev–Trinajstić information content (AvgIpc) is 2.87. The molecule has 156 valence electrons. The van der Waals surface area contributed by atoms with Gasteiger partial charge in [0.15, 0.2) is 0 Å². The lowest BCUT2D eigenvalue weighted by molar-refractivity contribution is -0.130. The highest BCUT2D eigenvalue weighted by Gasteiger charge is 2.24. The fourth-order valence-electron chi connectivity index (χ4n) is 3.23. The van der Waals surface area contributed by atoms with E-state index in [-0.39, 0.29) is 27.9 Å². The second-order valence-electron chi connectivity index (χ2n) is 6.68. The summed E-state index contributed by atoms with van der Waals surface area (Å²) in [7, 11) is -3.68. The number of rotatable bonds is 8. The van der Waals surface area contributed by atoms with Gasteiger partial charge in [-0.25, -0.2) is 8.42 Å². The van der Waals surface area contributed by atoms with E-state index in [0.717, 1.165) is 19.3 Å². The number of hydrogen-bond acceptors (Lipinski definition) is 4. The summed E-state index contributed by atoms with van der Waals surface area (Å²) >= 11 is 6.13. The Morgan fingerprint density at radius 3 is 2.61 bits per heavy atom. The molecule has 1 saturated heterocycles. The maximum atomic E-state index is 12.7. The molecule has 0 saturated carbocycles. The van der Waals surface area contributed by atoms with Crippen LogP contribution in [0.15, 0.2) is 23.1 Å². The lowest BCUT2D eigenvalue weighted by Gasteiger charge is -2.21. The van der Waals surface area contributed by atoms with E-state index in [1.54, 1.807) is 18.7 Å². The van der Waals surface area contributed by atoms with E-state index >= 15 is 0 Å². The maximum Gasteiger partial charge on any atom is 0.252 e. The standard InChI is InChI=1S/C19H28ClN3O4S/c1-3-23(4-2)28(26,27)15-9-10-17(20)16(14-15)19(25)21-11-13-22-12-7-5-6-8-18(22)24/h9-10,14H,3-8,11-13H2,1-2H3,(H,21,25). The monoisotopic (exact) mass is 429 g/mol. The van der Waals surface area contributed by atoms with E-state index in [4.69, 9.17) is 11.6 Å². The first-order valence-electron chi connectivity index (χ1n) is 9.67. The van der Waals surface area contributed by atoms with E-state index in [1.165, 1.54) is 22.5 Å². The first-order chi connectivity index (χ1) is 13.3. The van der Waals surface area contributed by atoms with Crippen molar-refractivity contribution in [3.63, 3.8) is 0 Å². The summed E-state index contributed by atoms with van der Waals surface area (Å²) in [5.41, 5.74) is 0.108. The molecule has 0 aliphatic carbocycles. The Balaban J connectivity index is 2.07. The van der Waals surface area contributed by atoms with Crippen LogP contribution >= 0.6 is 11.6 Å². The first kappa shape index (κ1) is 22.6. The van der Waals surface area contributed by atoms with E-state index < -0.39 is 15.9 Å². The molecular weight excluding hydrogens is 402 g/mol. The van der Waals surface area contributed by atoms with E-state index in [0.29, 0.717) is 32.6 Å². The Morgan fingerprint density at radius 1 is 1.21 bits per heavy atom. The number of nitrogens with one attached hydrogen (secondary N) is 1. The molecule has 0 radical (unpaired) electrons. The molecule has 2 rings (SSSR count). The van der Waals surface area contributed by atoms with E-state index in [2.05, 4.69) is 5.32 Å². The van der Waals surface area contributed by atoms with Crippen molar-refractivity contribution in [2.45, 2.75) is 44.4 Å².